The van der Waals surface area contributed by atoms with Crippen LogP contribution in [0.15, 0.2) is 24.5 Å². The molecule has 2 rings (SSSR count). The molecule has 0 aliphatic carbocycles. The average Bonchev–Trinajstić information content (AvgIpc) is 2.29. The molecule has 2 aromatic rings. The zero-order valence-electron chi connectivity index (χ0n) is 8.51. The molecule has 1 aromatic heterocycles. The number of nitrogens with zero attached hydrogens (tertiary/aromatic N) is 4. The molecule has 15 heavy (non-hydrogen) atoms. The van der Waals surface area contributed by atoms with E-state index < -0.39 is 0 Å². The highest BCUT2D eigenvalue weighted by Gasteiger charge is 2.04. The summed E-state index contributed by atoms with van der Waals surface area (Å²) in [5, 5.41) is 15.1. The Hall–Kier alpha value is -2.04. The van der Waals surface area contributed by atoms with Gasteiger partial charge in [0, 0.05) is 5.56 Å². The average molecular weight is 202 g/mol. The van der Waals surface area contributed by atoms with E-state index in [1.54, 1.807) is 7.11 Å². The lowest BCUT2D eigenvalue weighted by Gasteiger charge is -2.04. The van der Waals surface area contributed by atoms with Crippen LogP contribution >= 0.6 is 0 Å². The maximum atomic E-state index is 5.16. The fraction of sp³-hybridized carbons (Fsp3) is 0.200. The van der Waals surface area contributed by atoms with Crippen molar-refractivity contribution in [3.8, 4) is 17.1 Å². The van der Waals surface area contributed by atoms with Gasteiger partial charge < -0.3 is 4.74 Å². The first kappa shape index (κ1) is 9.51. The lowest BCUT2D eigenvalue weighted by Crippen LogP contribution is -1.95. The van der Waals surface area contributed by atoms with E-state index in [0.29, 0.717) is 5.82 Å². The lowest BCUT2D eigenvalue weighted by atomic mass is 10.1. The van der Waals surface area contributed by atoms with E-state index in [1.807, 2.05) is 25.1 Å². The molecule has 0 fully saturated rings. The van der Waals surface area contributed by atoms with E-state index in [0.717, 1.165) is 16.9 Å². The van der Waals surface area contributed by atoms with Crippen molar-refractivity contribution < 1.29 is 4.74 Å². The maximum Gasteiger partial charge on any atom is 0.203 e. The molecule has 1 aromatic carbocycles. The largest absolute Gasteiger partial charge is 0.497 e. The van der Waals surface area contributed by atoms with Gasteiger partial charge >= 0.3 is 0 Å². The van der Waals surface area contributed by atoms with Gasteiger partial charge in [-0.15, -0.1) is 20.4 Å². The van der Waals surface area contributed by atoms with Crippen LogP contribution in [0.2, 0.25) is 0 Å². The number of hydrogen-bond donors (Lipinski definition) is 0. The van der Waals surface area contributed by atoms with E-state index in [2.05, 4.69) is 20.4 Å². The number of ether oxygens (including phenoxy) is 1. The van der Waals surface area contributed by atoms with Gasteiger partial charge in [-0.25, -0.2) is 0 Å². The second-order valence-corrected chi connectivity index (χ2v) is 3.11. The summed E-state index contributed by atoms with van der Waals surface area (Å²) in [5.74, 6) is 1.27. The minimum absolute atomic E-state index is 0.500. The summed E-state index contributed by atoms with van der Waals surface area (Å²) in [5.41, 5.74) is 1.93. The molecule has 0 atom stereocenters. The molecule has 0 spiro atoms. The number of benzene rings is 1. The second kappa shape index (κ2) is 4.00. The standard InChI is InChI=1S/C10H10N4O/c1-7-3-8(5-9(4-7)15-2)10-13-11-6-12-14-10/h3-6H,1-2H3. The van der Waals surface area contributed by atoms with E-state index in [1.165, 1.54) is 6.33 Å². The first-order valence-corrected chi connectivity index (χ1v) is 4.46. The number of hydrogen-bond acceptors (Lipinski definition) is 5. The lowest BCUT2D eigenvalue weighted by molar-refractivity contribution is 0.414. The van der Waals surface area contributed by atoms with Gasteiger partial charge in [0.15, 0.2) is 6.33 Å². The highest BCUT2D eigenvalue weighted by molar-refractivity contribution is 5.58. The van der Waals surface area contributed by atoms with Crippen molar-refractivity contribution in [2.75, 3.05) is 7.11 Å². The topological polar surface area (TPSA) is 60.8 Å². The molecule has 0 saturated heterocycles. The predicted molar refractivity (Wildman–Crippen MR) is 54.3 cm³/mol. The zero-order chi connectivity index (χ0) is 10.7. The fourth-order valence-electron chi connectivity index (χ4n) is 1.31. The second-order valence-electron chi connectivity index (χ2n) is 3.11. The van der Waals surface area contributed by atoms with E-state index in [9.17, 15) is 0 Å². The molecule has 76 valence electrons. The highest BCUT2D eigenvalue weighted by Crippen LogP contribution is 2.22. The van der Waals surface area contributed by atoms with Gasteiger partial charge in [-0.1, -0.05) is 0 Å². The van der Waals surface area contributed by atoms with Crippen LogP contribution in [0, 0.1) is 6.92 Å². The molecule has 0 saturated carbocycles. The van der Waals surface area contributed by atoms with Gasteiger partial charge in [0.05, 0.1) is 7.11 Å². The molecule has 1 heterocycles. The van der Waals surface area contributed by atoms with Crippen LogP contribution in [-0.2, 0) is 0 Å². The summed E-state index contributed by atoms with van der Waals surface area (Å²) < 4.78 is 5.16. The molecule has 0 bridgehead atoms. The van der Waals surface area contributed by atoms with Crippen molar-refractivity contribution in [3.05, 3.63) is 30.1 Å². The van der Waals surface area contributed by atoms with Crippen LogP contribution in [0.5, 0.6) is 5.75 Å². The molecule has 0 N–H and O–H groups in total. The third-order valence-corrected chi connectivity index (χ3v) is 1.95. The monoisotopic (exact) mass is 202 g/mol. The van der Waals surface area contributed by atoms with Gasteiger partial charge in [-0.2, -0.15) is 0 Å². The predicted octanol–water partition coefficient (Wildman–Crippen LogP) is 1.25. The van der Waals surface area contributed by atoms with Crippen molar-refractivity contribution in [3.63, 3.8) is 0 Å². The molecule has 0 aliphatic rings. The summed E-state index contributed by atoms with van der Waals surface area (Å²) in [4.78, 5) is 0. The first-order valence-electron chi connectivity index (χ1n) is 4.46. The Balaban J connectivity index is 2.49. The quantitative estimate of drug-likeness (QED) is 0.733. The Labute approximate surface area is 87.1 Å². The molecule has 0 radical (unpaired) electrons. The summed E-state index contributed by atoms with van der Waals surface area (Å²) in [6.45, 7) is 1.98. The van der Waals surface area contributed by atoms with E-state index >= 15 is 0 Å². The van der Waals surface area contributed by atoms with E-state index in [-0.39, 0.29) is 0 Å². The summed E-state index contributed by atoms with van der Waals surface area (Å²) in [6, 6.07) is 5.75. The Morgan fingerprint density at radius 2 is 1.80 bits per heavy atom. The smallest absolute Gasteiger partial charge is 0.203 e. The zero-order valence-corrected chi connectivity index (χ0v) is 8.51. The summed E-state index contributed by atoms with van der Waals surface area (Å²) in [6.07, 6.45) is 1.30. The van der Waals surface area contributed by atoms with Gasteiger partial charge in [-0.05, 0) is 30.7 Å². The number of rotatable bonds is 2. The fourth-order valence-corrected chi connectivity index (χ4v) is 1.31. The van der Waals surface area contributed by atoms with Gasteiger partial charge in [0.1, 0.15) is 5.75 Å². The van der Waals surface area contributed by atoms with Gasteiger partial charge in [0.2, 0.25) is 5.82 Å². The van der Waals surface area contributed by atoms with Crippen LogP contribution in [0.25, 0.3) is 11.4 Å². The van der Waals surface area contributed by atoms with Crippen LogP contribution < -0.4 is 4.74 Å². The molecule has 5 nitrogen and oxygen atoms in total. The number of methoxy groups -OCH3 is 1. The third-order valence-electron chi connectivity index (χ3n) is 1.95. The Morgan fingerprint density at radius 3 is 2.47 bits per heavy atom. The third kappa shape index (κ3) is 2.07. The Morgan fingerprint density at radius 1 is 1.07 bits per heavy atom. The van der Waals surface area contributed by atoms with Crippen molar-refractivity contribution in [1.82, 2.24) is 20.4 Å². The SMILES string of the molecule is COc1cc(C)cc(-c2nncnn2)c1. The molecule has 0 amide bonds. The molecule has 5 heteroatoms. The maximum absolute atomic E-state index is 5.16. The van der Waals surface area contributed by atoms with Crippen molar-refractivity contribution >= 4 is 0 Å². The number of aryl methyl sites for hydroxylation is 1. The van der Waals surface area contributed by atoms with Crippen LogP contribution in [0.4, 0.5) is 0 Å². The van der Waals surface area contributed by atoms with Gasteiger partial charge in [-0.3, -0.25) is 0 Å². The molecular formula is C10H10N4O. The molecule has 0 aliphatic heterocycles. The molecule has 0 unspecified atom stereocenters. The highest BCUT2D eigenvalue weighted by atomic mass is 16.5. The van der Waals surface area contributed by atoms with Crippen LogP contribution in [0.3, 0.4) is 0 Å². The van der Waals surface area contributed by atoms with Crippen LogP contribution in [-0.4, -0.2) is 27.5 Å². The van der Waals surface area contributed by atoms with Crippen molar-refractivity contribution in [1.29, 1.82) is 0 Å². The van der Waals surface area contributed by atoms with E-state index in [4.69, 9.17) is 4.74 Å². The Kier molecular flexibility index (Phi) is 2.53. The molecular weight excluding hydrogens is 192 g/mol. The minimum atomic E-state index is 0.500. The number of aromatic nitrogens is 4. The van der Waals surface area contributed by atoms with Crippen molar-refractivity contribution in [2.24, 2.45) is 0 Å². The first-order chi connectivity index (χ1) is 7.29. The van der Waals surface area contributed by atoms with Crippen LogP contribution in [0.1, 0.15) is 5.56 Å². The summed E-state index contributed by atoms with van der Waals surface area (Å²) >= 11 is 0. The van der Waals surface area contributed by atoms with Crippen molar-refractivity contribution in [2.45, 2.75) is 6.92 Å². The van der Waals surface area contributed by atoms with Gasteiger partial charge in [0.25, 0.3) is 0 Å². The minimum Gasteiger partial charge on any atom is -0.497 e. The summed E-state index contributed by atoms with van der Waals surface area (Å²) in [7, 11) is 1.63. The Bertz CT molecular complexity index is 458. The normalized spacial score (nSPS) is 10.0.